The molecular formula is C49H60IrNO2S2-. The molecule has 6 aromatic rings. The van der Waals surface area contributed by atoms with Gasteiger partial charge in [-0.3, -0.25) is 9.78 Å². The van der Waals surface area contributed by atoms with E-state index in [1.54, 1.807) is 0 Å². The topological polar surface area (TPSA) is 50.2 Å². The van der Waals surface area contributed by atoms with Crippen LogP contribution < -0.4 is 0 Å². The fourth-order valence-corrected chi connectivity index (χ4v) is 9.45. The van der Waals surface area contributed by atoms with Crippen LogP contribution in [0.15, 0.2) is 78.7 Å². The number of aliphatic hydroxyl groups excluding tert-OH is 1. The normalized spacial score (nSPS) is 12.6. The van der Waals surface area contributed by atoms with Crippen molar-refractivity contribution in [1.82, 2.24) is 4.98 Å². The Hall–Kier alpha value is -3.15. The van der Waals surface area contributed by atoms with Gasteiger partial charge in [0.1, 0.15) is 5.76 Å². The summed E-state index contributed by atoms with van der Waals surface area (Å²) in [5, 5.41) is 15.2. The van der Waals surface area contributed by atoms with Gasteiger partial charge < -0.3 is 5.11 Å². The van der Waals surface area contributed by atoms with Crippen molar-refractivity contribution in [3.63, 3.8) is 0 Å². The SMILES string of the molecule is CCC(C)(CC)C(=O)/C=C(\O)C(C)(CC)CC.Cc1sc2cccc(-c3cc4ccnc(-c5[c-]c6ccccc6c(C(C)(C)C)c5)c4s3)c2c1CC(C)C.[Ir]. The number of carbonyl (C=O) groups excluding carboxylic acids is 1. The first-order chi connectivity index (χ1) is 25.5. The molecule has 55 heavy (non-hydrogen) atoms. The van der Waals surface area contributed by atoms with Crippen LogP contribution >= 0.6 is 22.7 Å². The molecule has 3 aromatic heterocycles. The standard InChI is InChI=1S/C34H32NS2.C15H28O2.Ir/c1-20(2)16-27-21(3)36-29-13-9-12-26(31(27)29)30-19-23-14-15-35-32(33(23)37-30)24-17-22-10-7-8-11-25(22)28(18-24)34(4,5)6;1-7-14(5,8-2)12(16)11-13(17)15(6,9-3)10-4;/h7-15,18-20H,16H2,1-6H3;11,16H,7-10H2,1-6H3;/q-1;;/b;12-11-;. The number of aliphatic hydroxyl groups is 1. The minimum Gasteiger partial charge on any atom is -0.512 e. The molecule has 0 aliphatic rings. The summed E-state index contributed by atoms with van der Waals surface area (Å²) in [5.74, 6) is 0.914. The Bertz CT molecular complexity index is 2290. The third-order valence-electron chi connectivity index (χ3n) is 11.8. The Morgan fingerprint density at radius 3 is 2.15 bits per heavy atom. The van der Waals surface area contributed by atoms with Gasteiger partial charge in [-0.15, -0.1) is 51.8 Å². The van der Waals surface area contributed by atoms with E-state index in [4.69, 9.17) is 4.98 Å². The third-order valence-corrected chi connectivity index (χ3v) is 14.1. The molecule has 0 fully saturated rings. The smallest absolute Gasteiger partial charge is 0.164 e. The van der Waals surface area contributed by atoms with Gasteiger partial charge in [-0.1, -0.05) is 117 Å². The summed E-state index contributed by atoms with van der Waals surface area (Å²) in [7, 11) is 0. The molecule has 1 N–H and O–H groups in total. The number of fused-ring (bicyclic) bond motifs is 3. The van der Waals surface area contributed by atoms with Gasteiger partial charge in [0.25, 0.3) is 0 Å². The van der Waals surface area contributed by atoms with E-state index < -0.39 is 0 Å². The summed E-state index contributed by atoms with van der Waals surface area (Å²) in [6.07, 6.45) is 7.82. The van der Waals surface area contributed by atoms with E-state index in [-0.39, 0.29) is 47.9 Å². The summed E-state index contributed by atoms with van der Waals surface area (Å²) >= 11 is 3.79. The van der Waals surface area contributed by atoms with Crippen LogP contribution in [-0.4, -0.2) is 15.9 Å². The Morgan fingerprint density at radius 1 is 0.873 bits per heavy atom. The number of hydrogen-bond acceptors (Lipinski definition) is 5. The average molecular weight is 951 g/mol. The van der Waals surface area contributed by atoms with Crippen molar-refractivity contribution in [3.8, 4) is 21.7 Å². The molecule has 0 spiro atoms. The second kappa shape index (κ2) is 18.0. The van der Waals surface area contributed by atoms with Gasteiger partial charge >= 0.3 is 0 Å². The summed E-state index contributed by atoms with van der Waals surface area (Å²) < 4.78 is 2.62. The van der Waals surface area contributed by atoms with Crippen molar-refractivity contribution in [2.45, 2.75) is 121 Å². The van der Waals surface area contributed by atoms with E-state index in [1.807, 2.05) is 70.4 Å². The first kappa shape index (κ1) is 44.6. The first-order valence-corrected chi connectivity index (χ1v) is 21.4. The fraction of sp³-hybridized carbons (Fsp3) is 0.429. The molecular weight excluding hydrogens is 891 g/mol. The number of hydrogen-bond donors (Lipinski definition) is 1. The van der Waals surface area contributed by atoms with Gasteiger partial charge in [0.2, 0.25) is 0 Å². The van der Waals surface area contributed by atoms with E-state index in [9.17, 15) is 9.90 Å². The molecule has 0 saturated heterocycles. The zero-order valence-electron chi connectivity index (χ0n) is 35.0. The monoisotopic (exact) mass is 951 g/mol. The molecule has 3 aromatic carbocycles. The molecule has 0 unspecified atom stereocenters. The number of rotatable bonds is 11. The molecule has 295 valence electrons. The van der Waals surface area contributed by atoms with Crippen molar-refractivity contribution in [3.05, 3.63) is 101 Å². The number of aromatic nitrogens is 1. The van der Waals surface area contributed by atoms with Crippen LogP contribution in [0.3, 0.4) is 0 Å². The van der Waals surface area contributed by atoms with Crippen molar-refractivity contribution in [2.75, 3.05) is 0 Å². The van der Waals surface area contributed by atoms with E-state index in [2.05, 4.69) is 108 Å². The zero-order valence-corrected chi connectivity index (χ0v) is 39.0. The Balaban J connectivity index is 0.000000320. The van der Waals surface area contributed by atoms with Crippen LogP contribution in [0.1, 0.15) is 118 Å². The van der Waals surface area contributed by atoms with E-state index >= 15 is 0 Å². The molecule has 0 amide bonds. The minimum atomic E-state index is -0.337. The third kappa shape index (κ3) is 9.36. The molecule has 6 heteroatoms. The Kier molecular flexibility index (Phi) is 14.6. The molecule has 0 aliphatic carbocycles. The predicted octanol–water partition coefficient (Wildman–Crippen LogP) is 15.3. The van der Waals surface area contributed by atoms with Crippen molar-refractivity contribution in [1.29, 1.82) is 0 Å². The number of ketones is 1. The minimum absolute atomic E-state index is 0. The van der Waals surface area contributed by atoms with Gasteiger partial charge in [0.05, 0.1) is 0 Å². The summed E-state index contributed by atoms with van der Waals surface area (Å²) in [5.41, 5.74) is 5.73. The van der Waals surface area contributed by atoms with E-state index in [0.29, 0.717) is 5.92 Å². The molecule has 0 saturated carbocycles. The number of aryl methyl sites for hydroxylation is 1. The largest absolute Gasteiger partial charge is 0.512 e. The van der Waals surface area contributed by atoms with Gasteiger partial charge in [-0.25, -0.2) is 0 Å². The fourth-order valence-electron chi connectivity index (χ4n) is 7.14. The molecule has 0 bridgehead atoms. The molecule has 0 atom stereocenters. The quantitative estimate of drug-likeness (QED) is 0.0800. The number of thiophene rings is 2. The van der Waals surface area contributed by atoms with Crippen LogP contribution in [0.2, 0.25) is 0 Å². The maximum absolute atomic E-state index is 12.2. The molecule has 3 nitrogen and oxygen atoms in total. The van der Waals surface area contributed by atoms with E-state index in [0.717, 1.165) is 48.7 Å². The second-order valence-corrected chi connectivity index (χ2v) is 19.2. The van der Waals surface area contributed by atoms with Crippen molar-refractivity contribution >= 4 is 59.4 Å². The number of pyridine rings is 1. The number of allylic oxidation sites excluding steroid dienone is 2. The summed E-state index contributed by atoms with van der Waals surface area (Å²) in [6.45, 7) is 25.8. The van der Waals surface area contributed by atoms with Crippen LogP contribution in [0.25, 0.3) is 52.6 Å². The predicted molar refractivity (Wildman–Crippen MR) is 237 cm³/mol. The molecule has 0 aliphatic heterocycles. The number of carbonyl (C=O) groups is 1. The van der Waals surface area contributed by atoms with Crippen LogP contribution in [0.4, 0.5) is 0 Å². The Morgan fingerprint density at radius 2 is 1.53 bits per heavy atom. The molecule has 6 rings (SSSR count). The van der Waals surface area contributed by atoms with Gasteiger partial charge in [-0.2, -0.15) is 0 Å². The van der Waals surface area contributed by atoms with Crippen molar-refractivity contribution in [2.24, 2.45) is 16.7 Å². The summed E-state index contributed by atoms with van der Waals surface area (Å²) in [4.78, 5) is 19.9. The molecule has 1 radical (unpaired) electrons. The number of benzene rings is 3. The van der Waals surface area contributed by atoms with Gasteiger partial charge in [0.15, 0.2) is 5.78 Å². The maximum Gasteiger partial charge on any atom is 0.164 e. The van der Waals surface area contributed by atoms with Crippen LogP contribution in [0.5, 0.6) is 0 Å². The van der Waals surface area contributed by atoms with Gasteiger partial charge in [0, 0.05) is 79.0 Å². The zero-order chi connectivity index (χ0) is 39.6. The van der Waals surface area contributed by atoms with Gasteiger partial charge in [-0.05, 0) is 79.5 Å². The summed E-state index contributed by atoms with van der Waals surface area (Å²) in [6, 6.07) is 25.9. The van der Waals surface area contributed by atoms with Crippen molar-refractivity contribution < 1.29 is 30.0 Å². The van der Waals surface area contributed by atoms with E-state index in [1.165, 1.54) is 58.1 Å². The molecule has 3 heterocycles. The maximum atomic E-state index is 12.2. The average Bonchev–Trinajstić information content (AvgIpc) is 3.73. The second-order valence-electron chi connectivity index (χ2n) is 16.9. The van der Waals surface area contributed by atoms with Crippen LogP contribution in [0, 0.1) is 29.7 Å². The van der Waals surface area contributed by atoms with Crippen LogP contribution in [-0.2, 0) is 36.7 Å². The number of nitrogens with zero attached hydrogens (tertiary/aromatic N) is 1. The first-order valence-electron chi connectivity index (χ1n) is 19.8. The Labute approximate surface area is 352 Å².